The number of nitrogens with zero attached hydrogens (tertiary/aromatic N) is 4. The number of pyridine rings is 1. The number of fused-ring (bicyclic) bond motifs is 1. The number of aliphatic hydroxyl groups is 1. The lowest BCUT2D eigenvalue weighted by molar-refractivity contribution is -0.203. The molecule has 232 valence electrons. The number of alkyl halides is 7. The van der Waals surface area contributed by atoms with Crippen LogP contribution in [0.5, 0.6) is 0 Å². The van der Waals surface area contributed by atoms with E-state index >= 15 is 0 Å². The molecule has 3 aromatic heterocycles. The number of hydrogen-bond donors (Lipinski definition) is 3. The number of aromatic amines is 1. The largest absolute Gasteiger partial charge is 0.423 e. The van der Waals surface area contributed by atoms with Gasteiger partial charge in [0.25, 0.3) is 11.1 Å². The van der Waals surface area contributed by atoms with Gasteiger partial charge in [-0.2, -0.15) is 31.4 Å². The summed E-state index contributed by atoms with van der Waals surface area (Å²) in [5, 5.41) is 14.3. The van der Waals surface area contributed by atoms with Crippen molar-refractivity contribution in [3.63, 3.8) is 0 Å². The van der Waals surface area contributed by atoms with E-state index < -0.39 is 59.2 Å². The SMILES string of the molecule is CCCC(F)Cn1ccc2cc(-c3ncc(CC(O)C(F)(F)F)cn3)c(F)cc2c1=O.Nc1cn[nH]c(=O)c1C(F)(F)F. The summed E-state index contributed by atoms with van der Waals surface area (Å²) in [6.45, 7) is 1.71. The van der Waals surface area contributed by atoms with Crippen LogP contribution in [-0.4, -0.2) is 48.3 Å². The van der Waals surface area contributed by atoms with Gasteiger partial charge in [-0.1, -0.05) is 13.3 Å². The Morgan fingerprint density at radius 3 is 2.26 bits per heavy atom. The molecule has 0 aliphatic rings. The van der Waals surface area contributed by atoms with Crippen molar-refractivity contribution < 1.29 is 40.2 Å². The fourth-order valence-corrected chi connectivity index (χ4v) is 3.88. The molecule has 17 heteroatoms. The van der Waals surface area contributed by atoms with E-state index in [1.54, 1.807) is 11.2 Å². The van der Waals surface area contributed by atoms with Crippen LogP contribution >= 0.6 is 0 Å². The number of halogens is 8. The van der Waals surface area contributed by atoms with Gasteiger partial charge in [-0.05, 0) is 35.6 Å². The summed E-state index contributed by atoms with van der Waals surface area (Å²) in [6, 6.07) is 3.92. The van der Waals surface area contributed by atoms with Gasteiger partial charge in [-0.15, -0.1) is 0 Å². The van der Waals surface area contributed by atoms with E-state index in [1.807, 2.05) is 6.92 Å². The lowest BCUT2D eigenvalue weighted by Gasteiger charge is -2.14. The summed E-state index contributed by atoms with van der Waals surface area (Å²) in [6.07, 6.45) is -8.70. The van der Waals surface area contributed by atoms with Gasteiger partial charge in [0.2, 0.25) is 0 Å². The number of nitrogen functional groups attached to an aromatic ring is 1. The van der Waals surface area contributed by atoms with Crippen LogP contribution in [0, 0.1) is 5.82 Å². The Hall–Kier alpha value is -4.41. The van der Waals surface area contributed by atoms with Crippen LogP contribution in [0.1, 0.15) is 30.9 Å². The van der Waals surface area contributed by atoms with Crippen LogP contribution in [-0.2, 0) is 19.1 Å². The Bertz CT molecular complexity index is 1670. The lowest BCUT2D eigenvalue weighted by Crippen LogP contribution is -2.30. The molecule has 0 aliphatic carbocycles. The smallest absolute Gasteiger partial charge is 0.397 e. The third-order valence-corrected chi connectivity index (χ3v) is 5.98. The summed E-state index contributed by atoms with van der Waals surface area (Å²) >= 11 is 0. The van der Waals surface area contributed by atoms with E-state index in [0.29, 0.717) is 18.2 Å². The molecular formula is C26H24F8N6O3. The zero-order chi connectivity index (χ0) is 32.1. The first-order chi connectivity index (χ1) is 20.0. The average Bonchev–Trinajstić information content (AvgIpc) is 2.90. The average molecular weight is 621 g/mol. The first-order valence-electron chi connectivity index (χ1n) is 12.5. The molecule has 4 aromatic rings. The molecule has 0 saturated heterocycles. The number of nitrogens with one attached hydrogen (secondary N) is 1. The fraction of sp³-hybridized carbons (Fsp3) is 0.346. The first kappa shape index (κ1) is 33.1. The first-order valence-corrected chi connectivity index (χ1v) is 12.5. The molecule has 0 fully saturated rings. The highest BCUT2D eigenvalue weighted by Crippen LogP contribution is 2.29. The van der Waals surface area contributed by atoms with Gasteiger partial charge in [0.15, 0.2) is 11.9 Å². The molecule has 2 unspecified atom stereocenters. The summed E-state index contributed by atoms with van der Waals surface area (Å²) in [5.41, 5.74) is 0.959. The maximum Gasteiger partial charge on any atom is 0.423 e. The van der Waals surface area contributed by atoms with Gasteiger partial charge in [0.1, 0.15) is 17.6 Å². The molecule has 0 spiro atoms. The highest BCUT2D eigenvalue weighted by atomic mass is 19.4. The highest BCUT2D eigenvalue weighted by molar-refractivity contribution is 5.86. The van der Waals surface area contributed by atoms with Crippen LogP contribution in [0.3, 0.4) is 0 Å². The van der Waals surface area contributed by atoms with Crippen molar-refractivity contribution >= 4 is 16.5 Å². The maximum atomic E-state index is 14.7. The number of nitrogens with two attached hydrogens (primary N) is 1. The predicted octanol–water partition coefficient (Wildman–Crippen LogP) is 4.57. The van der Waals surface area contributed by atoms with E-state index in [2.05, 4.69) is 15.1 Å². The zero-order valence-electron chi connectivity index (χ0n) is 22.2. The number of aliphatic hydroxyl groups excluding tert-OH is 1. The summed E-state index contributed by atoms with van der Waals surface area (Å²) in [5.74, 6) is -0.878. The standard InChI is InChI=1S/C21H20F5N3O2.C5H4F3N3O/c1-2-3-14(22)11-29-5-4-13-7-16(17(23)8-15(13)20(29)31)19-27-9-12(10-28-19)6-18(30)21(24,25)26;6-5(7,8)3-2(9)1-10-11-4(3)12/h4-5,7-10,14,18,30H,2-3,6,11H2,1H3;1H,(H3,9,11,12). The van der Waals surface area contributed by atoms with Gasteiger partial charge < -0.3 is 15.4 Å². The van der Waals surface area contributed by atoms with Gasteiger partial charge in [-0.3, -0.25) is 9.59 Å². The monoisotopic (exact) mass is 620 g/mol. The van der Waals surface area contributed by atoms with Crippen molar-refractivity contribution in [2.24, 2.45) is 0 Å². The van der Waals surface area contributed by atoms with Crippen LogP contribution in [0.25, 0.3) is 22.2 Å². The number of anilines is 1. The minimum absolute atomic E-state index is 0.0329. The summed E-state index contributed by atoms with van der Waals surface area (Å²) < 4.78 is 103. The predicted molar refractivity (Wildman–Crippen MR) is 139 cm³/mol. The van der Waals surface area contributed by atoms with E-state index in [4.69, 9.17) is 10.8 Å². The molecule has 43 heavy (non-hydrogen) atoms. The molecule has 0 bridgehead atoms. The van der Waals surface area contributed by atoms with Gasteiger partial charge in [-0.25, -0.2) is 23.8 Å². The molecule has 3 heterocycles. The molecular weight excluding hydrogens is 596 g/mol. The molecule has 4 rings (SSSR count). The minimum Gasteiger partial charge on any atom is -0.397 e. The Labute approximate surface area is 237 Å². The number of benzene rings is 1. The van der Waals surface area contributed by atoms with E-state index in [1.165, 1.54) is 16.8 Å². The van der Waals surface area contributed by atoms with Crippen LogP contribution in [0.15, 0.2) is 52.6 Å². The second kappa shape index (κ2) is 13.3. The molecule has 9 nitrogen and oxygen atoms in total. The topological polar surface area (TPSA) is 140 Å². The van der Waals surface area contributed by atoms with E-state index in [-0.39, 0.29) is 28.9 Å². The van der Waals surface area contributed by atoms with Crippen molar-refractivity contribution in [3.8, 4) is 11.4 Å². The van der Waals surface area contributed by atoms with Crippen molar-refractivity contribution in [2.75, 3.05) is 5.73 Å². The normalized spacial score (nSPS) is 13.3. The molecule has 0 radical (unpaired) electrons. The molecule has 4 N–H and O–H groups in total. The lowest BCUT2D eigenvalue weighted by atomic mass is 10.1. The quantitative estimate of drug-likeness (QED) is 0.257. The van der Waals surface area contributed by atoms with E-state index in [9.17, 15) is 44.7 Å². The fourth-order valence-electron chi connectivity index (χ4n) is 3.88. The second-order valence-corrected chi connectivity index (χ2v) is 9.28. The zero-order valence-corrected chi connectivity index (χ0v) is 22.2. The Balaban J connectivity index is 0.000000353. The van der Waals surface area contributed by atoms with Gasteiger partial charge in [0.05, 0.1) is 29.4 Å². The summed E-state index contributed by atoms with van der Waals surface area (Å²) in [7, 11) is 0. The number of aromatic nitrogens is 5. The summed E-state index contributed by atoms with van der Waals surface area (Å²) in [4.78, 5) is 30.9. The van der Waals surface area contributed by atoms with Crippen LogP contribution in [0.2, 0.25) is 0 Å². The molecule has 0 saturated carbocycles. The number of H-pyrrole nitrogens is 1. The Morgan fingerprint density at radius 2 is 1.72 bits per heavy atom. The third kappa shape index (κ3) is 8.33. The Morgan fingerprint density at radius 1 is 1.07 bits per heavy atom. The van der Waals surface area contributed by atoms with E-state index in [0.717, 1.165) is 24.7 Å². The molecule has 2 atom stereocenters. The minimum atomic E-state index is -4.77. The maximum absolute atomic E-state index is 14.7. The molecule has 0 aliphatic heterocycles. The number of rotatable bonds is 7. The molecule has 1 aromatic carbocycles. The highest BCUT2D eigenvalue weighted by Gasteiger charge is 2.38. The van der Waals surface area contributed by atoms with Crippen molar-refractivity contribution in [3.05, 3.63) is 80.6 Å². The van der Waals surface area contributed by atoms with Crippen molar-refractivity contribution in [1.82, 2.24) is 24.7 Å². The van der Waals surface area contributed by atoms with Gasteiger partial charge in [0, 0.05) is 25.0 Å². The second-order valence-electron chi connectivity index (χ2n) is 9.28. The number of hydrogen-bond acceptors (Lipinski definition) is 7. The van der Waals surface area contributed by atoms with Crippen LogP contribution < -0.4 is 16.9 Å². The van der Waals surface area contributed by atoms with Crippen molar-refractivity contribution in [1.29, 1.82) is 0 Å². The third-order valence-electron chi connectivity index (χ3n) is 5.98. The van der Waals surface area contributed by atoms with Crippen molar-refractivity contribution in [2.45, 2.75) is 57.4 Å². The van der Waals surface area contributed by atoms with Gasteiger partial charge >= 0.3 is 12.4 Å². The van der Waals surface area contributed by atoms with Crippen LogP contribution in [0.4, 0.5) is 40.8 Å². The Kier molecular flexibility index (Phi) is 10.2. The molecule has 0 amide bonds.